The number of carbonyl (C=O) groups excluding carboxylic acids is 1. The second kappa shape index (κ2) is 7.41. The van der Waals surface area contributed by atoms with Crippen molar-refractivity contribution >= 4 is 17.6 Å². The summed E-state index contributed by atoms with van der Waals surface area (Å²) in [6.07, 6.45) is 1.95. The van der Waals surface area contributed by atoms with Gasteiger partial charge >= 0.3 is 5.97 Å². The zero-order chi connectivity index (χ0) is 19.6. The first-order chi connectivity index (χ1) is 12.8. The lowest BCUT2D eigenvalue weighted by Gasteiger charge is -2.22. The quantitative estimate of drug-likeness (QED) is 0.811. The fourth-order valence-corrected chi connectivity index (χ4v) is 2.93. The topological polar surface area (TPSA) is 90.2 Å². The second-order valence-corrected chi connectivity index (χ2v) is 6.19. The highest BCUT2D eigenvalue weighted by molar-refractivity contribution is 6.04. The molecule has 7 heteroatoms. The summed E-state index contributed by atoms with van der Waals surface area (Å²) in [5, 5.41) is 24.5. The molecule has 0 radical (unpaired) electrons. The van der Waals surface area contributed by atoms with Crippen molar-refractivity contribution in [2.45, 2.75) is 19.4 Å². The van der Waals surface area contributed by atoms with E-state index in [1.54, 1.807) is 24.3 Å². The van der Waals surface area contributed by atoms with Crippen molar-refractivity contribution in [1.29, 1.82) is 0 Å². The molecule has 0 spiro atoms. The van der Waals surface area contributed by atoms with Crippen molar-refractivity contribution < 1.29 is 24.2 Å². The third kappa shape index (κ3) is 4.03. The number of aromatic hydroxyl groups is 1. The minimum Gasteiger partial charge on any atom is -0.508 e. The van der Waals surface area contributed by atoms with Crippen molar-refractivity contribution in [3.63, 3.8) is 0 Å². The Labute approximate surface area is 154 Å². The zero-order valence-corrected chi connectivity index (χ0v) is 14.5. The number of phenols is 1. The Bertz CT molecular complexity index is 951. The molecule has 6 nitrogen and oxygen atoms in total. The van der Waals surface area contributed by atoms with Crippen molar-refractivity contribution in [1.82, 2.24) is 5.01 Å². The second-order valence-electron chi connectivity index (χ2n) is 6.19. The summed E-state index contributed by atoms with van der Waals surface area (Å²) in [4.78, 5) is 23.2. The van der Waals surface area contributed by atoms with E-state index in [2.05, 4.69) is 5.10 Å². The van der Waals surface area contributed by atoms with Crippen LogP contribution in [0.4, 0.5) is 4.39 Å². The molecule has 1 atom stereocenters. The SMILES string of the molecule is Cc1ccc(O)c(C2CC(c3ccc(F)cc3)=NN2C(=O)/C=C\C(=O)O)c1. The van der Waals surface area contributed by atoms with Crippen LogP contribution in [0.5, 0.6) is 5.75 Å². The number of halogens is 1. The number of carboxylic acids is 1. The lowest BCUT2D eigenvalue weighted by molar-refractivity contribution is -0.132. The van der Waals surface area contributed by atoms with E-state index in [1.165, 1.54) is 18.2 Å². The van der Waals surface area contributed by atoms with Crippen LogP contribution in [0, 0.1) is 12.7 Å². The first-order valence-electron chi connectivity index (χ1n) is 8.22. The van der Waals surface area contributed by atoms with Crippen LogP contribution < -0.4 is 0 Å². The number of benzene rings is 2. The van der Waals surface area contributed by atoms with E-state index in [4.69, 9.17) is 5.11 Å². The number of phenolic OH excluding ortho intramolecular Hbond substituents is 1. The van der Waals surface area contributed by atoms with Gasteiger partial charge in [-0.05, 0) is 30.7 Å². The first-order valence-corrected chi connectivity index (χ1v) is 8.22. The van der Waals surface area contributed by atoms with Crippen LogP contribution in [0.2, 0.25) is 0 Å². The molecule has 2 aromatic carbocycles. The summed E-state index contributed by atoms with van der Waals surface area (Å²) in [7, 11) is 0. The summed E-state index contributed by atoms with van der Waals surface area (Å²) in [6.45, 7) is 1.86. The van der Waals surface area contributed by atoms with Crippen molar-refractivity contribution in [3.8, 4) is 5.75 Å². The Morgan fingerprint density at radius 2 is 1.89 bits per heavy atom. The minimum absolute atomic E-state index is 0.0150. The molecule has 138 valence electrons. The lowest BCUT2D eigenvalue weighted by Crippen LogP contribution is -2.25. The molecule has 27 heavy (non-hydrogen) atoms. The summed E-state index contributed by atoms with van der Waals surface area (Å²) in [6, 6.07) is 10.1. The van der Waals surface area contributed by atoms with Gasteiger partial charge in [0.15, 0.2) is 0 Å². The Morgan fingerprint density at radius 1 is 1.19 bits per heavy atom. The monoisotopic (exact) mass is 368 g/mol. The minimum atomic E-state index is -1.25. The van der Waals surface area contributed by atoms with E-state index in [0.717, 1.165) is 22.7 Å². The van der Waals surface area contributed by atoms with Gasteiger partial charge in [0.25, 0.3) is 5.91 Å². The summed E-state index contributed by atoms with van der Waals surface area (Å²) in [5.74, 6) is -2.25. The highest BCUT2D eigenvalue weighted by Crippen LogP contribution is 2.37. The highest BCUT2D eigenvalue weighted by Gasteiger charge is 2.33. The maximum absolute atomic E-state index is 13.2. The predicted molar refractivity (Wildman–Crippen MR) is 96.8 cm³/mol. The molecule has 0 bridgehead atoms. The van der Waals surface area contributed by atoms with E-state index >= 15 is 0 Å². The van der Waals surface area contributed by atoms with E-state index in [-0.39, 0.29) is 11.6 Å². The van der Waals surface area contributed by atoms with Crippen LogP contribution in [0.1, 0.15) is 29.2 Å². The number of hydrogen-bond donors (Lipinski definition) is 2. The van der Waals surface area contributed by atoms with Gasteiger partial charge < -0.3 is 10.2 Å². The summed E-state index contributed by atoms with van der Waals surface area (Å²) in [5.41, 5.74) is 2.59. The molecule has 2 N–H and O–H groups in total. The van der Waals surface area contributed by atoms with E-state index in [9.17, 15) is 19.1 Å². The number of aliphatic carboxylic acids is 1. The fraction of sp³-hybridized carbons (Fsp3) is 0.150. The molecule has 0 saturated carbocycles. The molecule has 1 aliphatic rings. The Kier molecular flexibility index (Phi) is 5.03. The third-order valence-electron chi connectivity index (χ3n) is 4.22. The van der Waals surface area contributed by atoms with Gasteiger partial charge in [0, 0.05) is 24.1 Å². The van der Waals surface area contributed by atoms with E-state index in [1.807, 2.05) is 6.92 Å². The van der Waals surface area contributed by atoms with Gasteiger partial charge in [-0.25, -0.2) is 14.2 Å². The van der Waals surface area contributed by atoms with Crippen LogP contribution >= 0.6 is 0 Å². The number of amides is 1. The standard InChI is InChI=1S/C20H17FN2O4/c1-12-2-7-18(24)15(10-12)17-11-16(13-3-5-14(21)6-4-13)22-23(17)19(25)8-9-20(26)27/h2-10,17,24H,11H2,1H3,(H,26,27)/b9-8-. The van der Waals surface area contributed by atoms with Crippen LogP contribution in [-0.4, -0.2) is 32.8 Å². The van der Waals surface area contributed by atoms with Crippen LogP contribution in [0.3, 0.4) is 0 Å². The number of carbonyl (C=O) groups is 2. The molecule has 1 amide bonds. The zero-order valence-electron chi connectivity index (χ0n) is 14.5. The number of hydrogen-bond acceptors (Lipinski definition) is 4. The maximum Gasteiger partial charge on any atom is 0.328 e. The van der Waals surface area contributed by atoms with Gasteiger partial charge in [0.1, 0.15) is 11.6 Å². The normalized spacial score (nSPS) is 16.6. The number of aryl methyl sites for hydroxylation is 1. The van der Waals surface area contributed by atoms with Gasteiger partial charge in [-0.3, -0.25) is 4.79 Å². The molecule has 0 aromatic heterocycles. The van der Waals surface area contributed by atoms with Crippen molar-refractivity contribution in [2.24, 2.45) is 5.10 Å². The van der Waals surface area contributed by atoms with Gasteiger partial charge in [-0.15, -0.1) is 0 Å². The van der Waals surface area contributed by atoms with Crippen molar-refractivity contribution in [2.75, 3.05) is 0 Å². The smallest absolute Gasteiger partial charge is 0.328 e. The molecule has 1 heterocycles. The Balaban J connectivity index is 2.01. The maximum atomic E-state index is 13.2. The molecule has 3 rings (SSSR count). The highest BCUT2D eigenvalue weighted by atomic mass is 19.1. The number of nitrogens with zero attached hydrogens (tertiary/aromatic N) is 2. The average Bonchev–Trinajstić information content (AvgIpc) is 3.07. The predicted octanol–water partition coefficient (Wildman–Crippen LogP) is 3.16. The third-order valence-corrected chi connectivity index (χ3v) is 4.22. The Hall–Kier alpha value is -3.48. The van der Waals surface area contributed by atoms with Gasteiger partial charge in [-0.1, -0.05) is 29.8 Å². The van der Waals surface area contributed by atoms with Gasteiger partial charge in [0.2, 0.25) is 0 Å². The summed E-state index contributed by atoms with van der Waals surface area (Å²) < 4.78 is 13.2. The molecule has 0 saturated heterocycles. The molecule has 2 aromatic rings. The Morgan fingerprint density at radius 3 is 2.56 bits per heavy atom. The number of rotatable bonds is 4. The van der Waals surface area contributed by atoms with Crippen LogP contribution in [0.25, 0.3) is 0 Å². The lowest BCUT2D eigenvalue weighted by atomic mass is 9.96. The first kappa shape index (κ1) is 18.3. The summed E-state index contributed by atoms with van der Waals surface area (Å²) >= 11 is 0. The molecule has 1 unspecified atom stereocenters. The molecule has 0 fully saturated rings. The molecule has 0 aliphatic carbocycles. The fourth-order valence-electron chi connectivity index (χ4n) is 2.93. The van der Waals surface area contributed by atoms with E-state index < -0.39 is 17.9 Å². The van der Waals surface area contributed by atoms with E-state index in [0.29, 0.717) is 23.3 Å². The van der Waals surface area contributed by atoms with Gasteiger partial charge in [-0.2, -0.15) is 5.10 Å². The van der Waals surface area contributed by atoms with Crippen molar-refractivity contribution in [3.05, 3.63) is 77.1 Å². The number of hydrazone groups is 1. The largest absolute Gasteiger partial charge is 0.508 e. The molecular formula is C20H17FN2O4. The average molecular weight is 368 g/mol. The van der Waals surface area contributed by atoms with Crippen LogP contribution in [-0.2, 0) is 9.59 Å². The number of carboxylic acid groups (broad SMARTS) is 1. The molecule has 1 aliphatic heterocycles. The van der Waals surface area contributed by atoms with Gasteiger partial charge in [0.05, 0.1) is 11.8 Å². The van der Waals surface area contributed by atoms with Crippen LogP contribution in [0.15, 0.2) is 59.7 Å². The molecular weight excluding hydrogens is 351 g/mol.